The van der Waals surface area contributed by atoms with Crippen LogP contribution in [0.2, 0.25) is 0 Å². The van der Waals surface area contributed by atoms with E-state index in [1.165, 1.54) is 0 Å². The average Bonchev–Trinajstić information content (AvgIpc) is 2.13. The monoisotopic (exact) mass is 313 g/mol. The van der Waals surface area contributed by atoms with Crippen molar-refractivity contribution in [3.63, 3.8) is 0 Å². The maximum atomic E-state index is 9.00. The second kappa shape index (κ2) is 25.8. The Hall–Kier alpha value is -2.98. The van der Waals surface area contributed by atoms with Gasteiger partial charge in [-0.15, -0.1) is 0 Å². The van der Waals surface area contributed by atoms with E-state index >= 15 is 0 Å². The van der Waals surface area contributed by atoms with Crippen LogP contribution in [0.15, 0.2) is 12.0 Å². The summed E-state index contributed by atoms with van der Waals surface area (Å²) in [4.78, 5) is 36.0. The summed E-state index contributed by atoms with van der Waals surface area (Å²) in [5, 5.41) is 29.7. The highest BCUT2D eigenvalue weighted by molar-refractivity contribution is 5.63. The summed E-state index contributed by atoms with van der Waals surface area (Å²) < 4.78 is 0. The third-order valence-electron chi connectivity index (χ3n) is 0.192. The van der Waals surface area contributed by atoms with E-state index in [2.05, 4.69) is 0 Å². The first-order valence-electron chi connectivity index (χ1n) is 4.91. The minimum absolute atomic E-state index is 0.157. The summed E-state index contributed by atoms with van der Waals surface area (Å²) in [5.74, 6) is -3.18. The Kier molecular flexibility index (Phi) is 37.8. The van der Waals surface area contributed by atoms with Crippen molar-refractivity contribution >= 4 is 23.9 Å². The Morgan fingerprint density at radius 3 is 0.714 bits per heavy atom. The summed E-state index contributed by atoms with van der Waals surface area (Å²) in [7, 11) is 0. The minimum atomic E-state index is -0.833. The SMILES string of the molecule is CC(=O)O.CC(=O)O.CC(=O)O.CC(=O)O.NC=C(N)N. The van der Waals surface area contributed by atoms with E-state index in [9.17, 15) is 0 Å². The van der Waals surface area contributed by atoms with Crippen LogP contribution in [0.4, 0.5) is 0 Å². The molecule has 0 bridgehead atoms. The number of aliphatic carboxylic acids is 4. The molecule has 0 saturated heterocycles. The van der Waals surface area contributed by atoms with Gasteiger partial charge in [0.05, 0.1) is 0 Å². The smallest absolute Gasteiger partial charge is 0.300 e. The minimum Gasteiger partial charge on any atom is -0.481 e. The first-order valence-corrected chi connectivity index (χ1v) is 4.91. The third kappa shape index (κ3) is 4000. The van der Waals surface area contributed by atoms with Gasteiger partial charge in [0.25, 0.3) is 23.9 Å². The average molecular weight is 313 g/mol. The Morgan fingerprint density at radius 2 is 0.714 bits per heavy atom. The largest absolute Gasteiger partial charge is 0.481 e. The summed E-state index contributed by atoms with van der Waals surface area (Å²) >= 11 is 0. The second-order valence-electron chi connectivity index (χ2n) is 2.74. The summed E-state index contributed by atoms with van der Waals surface area (Å²) in [6.07, 6.45) is 1.14. The van der Waals surface area contributed by atoms with Gasteiger partial charge in [-0.2, -0.15) is 0 Å². The number of carboxylic acids is 4. The normalized spacial score (nSPS) is 6.29. The predicted octanol–water partition coefficient (Wildman–Crippen LogP) is -0.975. The molecule has 11 nitrogen and oxygen atoms in total. The van der Waals surface area contributed by atoms with Crippen molar-refractivity contribution in [2.45, 2.75) is 27.7 Å². The van der Waals surface area contributed by atoms with Gasteiger partial charge in [-0.3, -0.25) is 19.2 Å². The molecule has 0 fully saturated rings. The molecule has 0 heterocycles. The Morgan fingerprint density at radius 1 is 0.667 bits per heavy atom. The lowest BCUT2D eigenvalue weighted by molar-refractivity contribution is -0.135. The molecule has 0 unspecified atom stereocenters. The molecule has 0 aliphatic carbocycles. The molecule has 126 valence electrons. The second-order valence-corrected chi connectivity index (χ2v) is 2.74. The van der Waals surface area contributed by atoms with Gasteiger partial charge in [0.1, 0.15) is 5.82 Å². The van der Waals surface area contributed by atoms with Crippen LogP contribution in [0.5, 0.6) is 0 Å². The molecule has 0 radical (unpaired) electrons. The highest BCUT2D eigenvalue weighted by atomic mass is 16.4. The van der Waals surface area contributed by atoms with Crippen LogP contribution in [0, 0.1) is 0 Å². The first kappa shape index (κ1) is 30.8. The van der Waals surface area contributed by atoms with Crippen molar-refractivity contribution in [1.29, 1.82) is 0 Å². The van der Waals surface area contributed by atoms with E-state index in [4.69, 9.17) is 56.8 Å². The fourth-order valence-corrected chi connectivity index (χ4v) is 0. The zero-order valence-electron chi connectivity index (χ0n) is 12.2. The first-order chi connectivity index (χ1) is 9.20. The van der Waals surface area contributed by atoms with Gasteiger partial charge in [0, 0.05) is 33.9 Å². The number of carbonyl (C=O) groups is 4. The fourth-order valence-electron chi connectivity index (χ4n) is 0. The molecule has 0 atom stereocenters. The van der Waals surface area contributed by atoms with Crippen molar-refractivity contribution in [2.75, 3.05) is 0 Å². The molecule has 0 spiro atoms. The summed E-state index contributed by atoms with van der Waals surface area (Å²) in [5.41, 5.74) is 14.4. The fraction of sp³-hybridized carbons (Fsp3) is 0.400. The standard InChI is InChI=1S/C2H7N3.4C2H4O2/c3-1-2(4)5;4*1-2(3)4/h1H,3-5H2;4*1H3,(H,3,4). The highest BCUT2D eigenvalue weighted by Gasteiger charge is 1.66. The van der Waals surface area contributed by atoms with Crippen LogP contribution < -0.4 is 17.2 Å². The van der Waals surface area contributed by atoms with E-state index in [0.29, 0.717) is 0 Å². The van der Waals surface area contributed by atoms with Crippen molar-refractivity contribution in [3.8, 4) is 0 Å². The lowest BCUT2D eigenvalue weighted by Crippen LogP contribution is -2.09. The summed E-state index contributed by atoms with van der Waals surface area (Å²) in [6, 6.07) is 0. The van der Waals surface area contributed by atoms with Gasteiger partial charge in [0.15, 0.2) is 0 Å². The van der Waals surface area contributed by atoms with Crippen molar-refractivity contribution in [3.05, 3.63) is 12.0 Å². The van der Waals surface area contributed by atoms with Crippen molar-refractivity contribution in [2.24, 2.45) is 17.2 Å². The van der Waals surface area contributed by atoms with Crippen LogP contribution in [0.1, 0.15) is 27.7 Å². The van der Waals surface area contributed by atoms with E-state index < -0.39 is 23.9 Å². The predicted molar refractivity (Wildman–Crippen MR) is 73.9 cm³/mol. The quantitative estimate of drug-likeness (QED) is 0.287. The van der Waals surface area contributed by atoms with Crippen LogP contribution in [0.25, 0.3) is 0 Å². The number of nitrogens with two attached hydrogens (primary N) is 3. The van der Waals surface area contributed by atoms with Gasteiger partial charge in [0.2, 0.25) is 0 Å². The molecule has 21 heavy (non-hydrogen) atoms. The van der Waals surface area contributed by atoms with Crippen LogP contribution >= 0.6 is 0 Å². The lowest BCUT2D eigenvalue weighted by Gasteiger charge is -1.78. The topological polar surface area (TPSA) is 227 Å². The van der Waals surface area contributed by atoms with E-state index in [1.807, 2.05) is 0 Å². The van der Waals surface area contributed by atoms with Gasteiger partial charge in [-0.25, -0.2) is 0 Å². The highest BCUT2D eigenvalue weighted by Crippen LogP contribution is 1.49. The van der Waals surface area contributed by atoms with Gasteiger partial charge < -0.3 is 37.6 Å². The maximum absolute atomic E-state index is 9.00. The molecule has 0 aromatic heterocycles. The van der Waals surface area contributed by atoms with Gasteiger partial charge in [-0.1, -0.05) is 0 Å². The molecule has 0 aromatic rings. The number of carboxylic acid groups (broad SMARTS) is 4. The molecule has 0 rings (SSSR count). The third-order valence-corrected chi connectivity index (χ3v) is 0.192. The van der Waals surface area contributed by atoms with Crippen molar-refractivity contribution < 1.29 is 39.6 Å². The van der Waals surface area contributed by atoms with E-state index in [0.717, 1.165) is 33.9 Å². The molecule has 10 N–H and O–H groups in total. The van der Waals surface area contributed by atoms with Crippen LogP contribution in [0.3, 0.4) is 0 Å². The number of hydrogen-bond acceptors (Lipinski definition) is 7. The molecule has 0 aliphatic rings. The molecule has 0 saturated carbocycles. The van der Waals surface area contributed by atoms with Crippen LogP contribution in [-0.2, 0) is 19.2 Å². The van der Waals surface area contributed by atoms with E-state index in [1.54, 1.807) is 0 Å². The Balaban J connectivity index is -0.0000000510. The van der Waals surface area contributed by atoms with Crippen molar-refractivity contribution in [1.82, 2.24) is 0 Å². The zero-order chi connectivity index (χ0) is 18.6. The number of hydrogen-bond donors (Lipinski definition) is 7. The summed E-state index contributed by atoms with van der Waals surface area (Å²) in [6.45, 7) is 4.33. The van der Waals surface area contributed by atoms with Crippen LogP contribution in [-0.4, -0.2) is 44.3 Å². The molecule has 0 amide bonds. The molecule has 11 heteroatoms. The van der Waals surface area contributed by atoms with E-state index in [-0.39, 0.29) is 5.82 Å². The molecular weight excluding hydrogens is 290 g/mol. The van der Waals surface area contributed by atoms with Gasteiger partial charge >= 0.3 is 0 Å². The number of rotatable bonds is 0. The molecule has 0 aliphatic heterocycles. The Bertz CT molecular complexity index is 260. The lowest BCUT2D eigenvalue weighted by atomic mass is 10.8. The molecular formula is C10H23N3O8. The maximum Gasteiger partial charge on any atom is 0.300 e. The molecule has 0 aromatic carbocycles. The van der Waals surface area contributed by atoms with Gasteiger partial charge in [-0.05, 0) is 0 Å². The zero-order valence-corrected chi connectivity index (χ0v) is 12.2. The Labute approximate surface area is 121 Å².